The Morgan fingerprint density at radius 1 is 1.29 bits per heavy atom. The number of nitrogens with zero attached hydrogens (tertiary/aromatic N) is 1. The van der Waals surface area contributed by atoms with Gasteiger partial charge in [-0.1, -0.05) is 32.9 Å². The van der Waals surface area contributed by atoms with E-state index in [1.807, 2.05) is 6.92 Å². The van der Waals surface area contributed by atoms with Crippen molar-refractivity contribution in [3.8, 4) is 0 Å². The summed E-state index contributed by atoms with van der Waals surface area (Å²) in [5, 5.41) is 34.2. The summed E-state index contributed by atoms with van der Waals surface area (Å²) in [4.78, 5) is 29.1. The lowest BCUT2D eigenvalue weighted by Gasteiger charge is -2.49. The highest BCUT2D eigenvalue weighted by atomic mass is 16.6. The number of hydrogen-bond donors (Lipinski definition) is 3. The van der Waals surface area contributed by atoms with Gasteiger partial charge >= 0.3 is 6.09 Å². The first-order chi connectivity index (χ1) is 16.4. The minimum Gasteiger partial charge on any atom is -0.438 e. The van der Waals surface area contributed by atoms with Crippen molar-refractivity contribution < 1.29 is 34.4 Å². The van der Waals surface area contributed by atoms with Crippen LogP contribution in [0.4, 0.5) is 4.79 Å². The second-order valence-corrected chi connectivity index (χ2v) is 12.1. The van der Waals surface area contributed by atoms with Gasteiger partial charge in [-0.15, -0.1) is 0 Å². The number of amides is 1. The van der Waals surface area contributed by atoms with Crippen molar-refractivity contribution in [1.29, 1.82) is 0 Å². The molecule has 0 aromatic rings. The predicted molar refractivity (Wildman–Crippen MR) is 127 cm³/mol. The Balaban J connectivity index is 1.56. The van der Waals surface area contributed by atoms with E-state index in [1.165, 1.54) is 4.90 Å². The number of ether oxygens (including phenoxy) is 2. The molecule has 2 bridgehead atoms. The smallest absolute Gasteiger partial charge is 0.410 e. The quantitative estimate of drug-likeness (QED) is 0.520. The summed E-state index contributed by atoms with van der Waals surface area (Å²) in [6.45, 7) is 8.65. The van der Waals surface area contributed by atoms with Crippen LogP contribution in [0.3, 0.4) is 0 Å². The van der Waals surface area contributed by atoms with Crippen LogP contribution >= 0.6 is 0 Å². The lowest BCUT2D eigenvalue weighted by Crippen LogP contribution is -2.66. The molecule has 1 aliphatic heterocycles. The standard InChI is InChI=1S/C27H39NO7/c1-14-12-26-15(2)10-19-20(25(19,3)4)18(22(26)31)11-16(13-29)21(30)27(26,33)23(14)35-24(32)28(5)17-6-8-34-9-7-17/h11-12,15,17-21,23,29-30,33H,6-10,13H2,1-5H3/t15-,18+,19-,20+,21-,23+,26+,27+/m1/s1. The first-order valence-electron chi connectivity index (χ1n) is 12.9. The third kappa shape index (κ3) is 3.19. The Labute approximate surface area is 207 Å². The fourth-order valence-electron chi connectivity index (χ4n) is 8.00. The highest BCUT2D eigenvalue weighted by molar-refractivity contribution is 5.95. The van der Waals surface area contributed by atoms with Crippen molar-refractivity contribution in [3.63, 3.8) is 0 Å². The van der Waals surface area contributed by atoms with E-state index in [0.29, 0.717) is 37.5 Å². The lowest BCUT2D eigenvalue weighted by atomic mass is 9.59. The number of fused-ring (bicyclic) bond motifs is 3. The van der Waals surface area contributed by atoms with Crippen LogP contribution in [0.15, 0.2) is 23.3 Å². The second kappa shape index (κ2) is 8.13. The van der Waals surface area contributed by atoms with Crippen LogP contribution in [0, 0.1) is 34.5 Å². The Morgan fingerprint density at radius 2 is 1.94 bits per heavy atom. The number of hydrogen-bond acceptors (Lipinski definition) is 7. The molecule has 8 heteroatoms. The van der Waals surface area contributed by atoms with Gasteiger partial charge in [-0.2, -0.15) is 0 Å². The highest BCUT2D eigenvalue weighted by Crippen LogP contribution is 2.71. The molecule has 1 saturated heterocycles. The molecule has 5 rings (SSSR count). The molecule has 8 nitrogen and oxygen atoms in total. The Bertz CT molecular complexity index is 982. The molecule has 0 unspecified atom stereocenters. The molecule has 2 saturated carbocycles. The predicted octanol–water partition coefficient (Wildman–Crippen LogP) is 2.07. The minimum atomic E-state index is -2.11. The number of aliphatic hydroxyl groups is 3. The Hall–Kier alpha value is -1.74. The normalized spacial score (nSPS) is 44.3. The van der Waals surface area contributed by atoms with Crippen LogP contribution in [-0.2, 0) is 14.3 Å². The maximum absolute atomic E-state index is 14.3. The van der Waals surface area contributed by atoms with E-state index in [4.69, 9.17) is 9.47 Å². The lowest BCUT2D eigenvalue weighted by molar-refractivity contribution is -0.191. The van der Waals surface area contributed by atoms with Gasteiger partial charge in [-0.05, 0) is 60.5 Å². The largest absolute Gasteiger partial charge is 0.438 e. The molecular weight excluding hydrogens is 450 g/mol. The van der Waals surface area contributed by atoms with Gasteiger partial charge in [0.05, 0.1) is 12.0 Å². The molecule has 4 aliphatic carbocycles. The third-order valence-electron chi connectivity index (χ3n) is 10.1. The van der Waals surface area contributed by atoms with Crippen LogP contribution in [0.1, 0.15) is 47.0 Å². The molecule has 1 spiro atoms. The summed E-state index contributed by atoms with van der Waals surface area (Å²) in [6.07, 6.45) is 2.17. The summed E-state index contributed by atoms with van der Waals surface area (Å²) in [6, 6.07) is -0.0466. The van der Waals surface area contributed by atoms with Crippen LogP contribution in [-0.4, -0.2) is 82.8 Å². The average Bonchev–Trinajstić information content (AvgIpc) is 3.32. The number of allylic oxidation sites excluding steroid dienone is 1. The molecule has 5 aliphatic rings. The number of aliphatic hydroxyl groups excluding tert-OH is 2. The SMILES string of the molecule is CC1=C[C@]23C(=O)[C@@H](C=C(CO)[C@@H](O)[C@]2(O)[C@H]1OC(=O)N(C)C1CCOCC1)[C@H]1[C@@H](C[C@H]3C)C1(C)C. The molecule has 8 atom stereocenters. The summed E-state index contributed by atoms with van der Waals surface area (Å²) in [7, 11) is 1.67. The van der Waals surface area contributed by atoms with Crippen molar-refractivity contribution in [2.75, 3.05) is 26.9 Å². The minimum absolute atomic E-state index is 0.0314. The van der Waals surface area contributed by atoms with Gasteiger partial charge in [0, 0.05) is 32.2 Å². The number of rotatable bonds is 3. The number of carbonyl (C=O) groups is 2. The topological polar surface area (TPSA) is 117 Å². The van der Waals surface area contributed by atoms with E-state index in [0.717, 1.165) is 6.42 Å². The van der Waals surface area contributed by atoms with Gasteiger partial charge in [0.1, 0.15) is 6.10 Å². The van der Waals surface area contributed by atoms with Crippen LogP contribution in [0.5, 0.6) is 0 Å². The summed E-state index contributed by atoms with van der Waals surface area (Å²) in [5.41, 5.74) is -2.79. The molecule has 3 N–H and O–H groups in total. The molecule has 194 valence electrons. The van der Waals surface area contributed by atoms with Gasteiger partial charge < -0.3 is 29.7 Å². The van der Waals surface area contributed by atoms with Gasteiger partial charge in [0.15, 0.2) is 17.5 Å². The third-order valence-corrected chi connectivity index (χ3v) is 10.1. The van der Waals surface area contributed by atoms with Crippen LogP contribution < -0.4 is 0 Å². The Kier molecular flexibility index (Phi) is 5.79. The monoisotopic (exact) mass is 489 g/mol. The van der Waals surface area contributed by atoms with E-state index < -0.39 is 41.8 Å². The van der Waals surface area contributed by atoms with Gasteiger partial charge in [0.25, 0.3) is 0 Å². The molecule has 1 heterocycles. The maximum atomic E-state index is 14.3. The molecule has 0 aromatic heterocycles. The molecular formula is C27H39NO7. The fourth-order valence-corrected chi connectivity index (χ4v) is 8.00. The summed E-state index contributed by atoms with van der Waals surface area (Å²) in [5.74, 6) is -0.565. The number of ketones is 1. The average molecular weight is 490 g/mol. The second-order valence-electron chi connectivity index (χ2n) is 12.1. The fraction of sp³-hybridized carbons (Fsp3) is 0.778. The van der Waals surface area contributed by atoms with E-state index >= 15 is 0 Å². The highest BCUT2D eigenvalue weighted by Gasteiger charge is 2.76. The molecule has 35 heavy (non-hydrogen) atoms. The zero-order valence-corrected chi connectivity index (χ0v) is 21.4. The van der Waals surface area contributed by atoms with Gasteiger partial charge in [-0.25, -0.2) is 4.79 Å². The maximum Gasteiger partial charge on any atom is 0.410 e. The van der Waals surface area contributed by atoms with Crippen molar-refractivity contribution >= 4 is 11.9 Å². The van der Waals surface area contributed by atoms with Crippen molar-refractivity contribution in [3.05, 3.63) is 23.3 Å². The van der Waals surface area contributed by atoms with Crippen LogP contribution in [0.25, 0.3) is 0 Å². The molecule has 0 aromatic carbocycles. The summed E-state index contributed by atoms with van der Waals surface area (Å²) < 4.78 is 11.3. The Morgan fingerprint density at radius 3 is 2.57 bits per heavy atom. The van der Waals surface area contributed by atoms with Gasteiger partial charge in [0.2, 0.25) is 0 Å². The first-order valence-corrected chi connectivity index (χ1v) is 12.9. The van der Waals surface area contributed by atoms with E-state index in [2.05, 4.69) is 13.8 Å². The van der Waals surface area contributed by atoms with Crippen molar-refractivity contribution in [2.45, 2.75) is 70.8 Å². The van der Waals surface area contributed by atoms with Crippen molar-refractivity contribution in [1.82, 2.24) is 4.90 Å². The first kappa shape index (κ1) is 24.9. The van der Waals surface area contributed by atoms with Gasteiger partial charge in [-0.3, -0.25) is 4.79 Å². The summed E-state index contributed by atoms with van der Waals surface area (Å²) >= 11 is 0. The van der Waals surface area contributed by atoms with E-state index in [1.54, 1.807) is 26.1 Å². The zero-order chi connectivity index (χ0) is 25.5. The number of Topliss-reactive ketones (excluding diaryl/α,β-unsaturated/α-hetero) is 1. The molecule has 3 fully saturated rings. The van der Waals surface area contributed by atoms with Crippen molar-refractivity contribution in [2.24, 2.45) is 34.5 Å². The van der Waals surface area contributed by atoms with Crippen LogP contribution in [0.2, 0.25) is 0 Å². The molecule has 0 radical (unpaired) electrons. The van der Waals surface area contributed by atoms with E-state index in [-0.39, 0.29) is 34.6 Å². The molecule has 1 amide bonds. The zero-order valence-electron chi connectivity index (χ0n) is 21.4. The van der Waals surface area contributed by atoms with E-state index in [9.17, 15) is 24.9 Å². The number of carbonyl (C=O) groups excluding carboxylic acids is 2.